The Kier molecular flexibility index (Phi) is 8.23. The number of carboxylic acid groups (broad SMARTS) is 2. The Labute approximate surface area is 308 Å². The molecule has 5 aromatic rings. The average Bonchev–Trinajstić information content (AvgIpc) is 3.77. The second kappa shape index (κ2) is 12.6. The van der Waals surface area contributed by atoms with E-state index in [-0.39, 0.29) is 50.8 Å². The summed E-state index contributed by atoms with van der Waals surface area (Å²) in [5, 5.41) is 40.9. The number of anilines is 2. The molecule has 0 aromatic heterocycles. The molecular formula is C41H40N2O11. The summed E-state index contributed by atoms with van der Waals surface area (Å²) in [5.74, 6) is -4.71. The number of carbonyl (C=O) groups is 3. The van der Waals surface area contributed by atoms with Gasteiger partial charge in [0.1, 0.15) is 23.0 Å². The van der Waals surface area contributed by atoms with Crippen LogP contribution in [0, 0.1) is 11.8 Å². The first-order chi connectivity index (χ1) is 25.8. The van der Waals surface area contributed by atoms with Crippen LogP contribution in [0.5, 0.6) is 23.0 Å². The molecule has 3 aliphatic carbocycles. The first-order valence-electron chi connectivity index (χ1n) is 18.1. The number of methoxy groups -OCH3 is 3. The van der Waals surface area contributed by atoms with Gasteiger partial charge in [0, 0.05) is 62.3 Å². The molecule has 5 aromatic carbocycles. The number of carboxylic acids is 2. The van der Waals surface area contributed by atoms with Crippen LogP contribution in [0.25, 0.3) is 49.2 Å². The fourth-order valence-electron chi connectivity index (χ4n) is 9.78. The molecule has 280 valence electrons. The van der Waals surface area contributed by atoms with Crippen LogP contribution in [-0.2, 0) is 14.4 Å². The van der Waals surface area contributed by atoms with Crippen LogP contribution in [0.4, 0.5) is 11.4 Å². The molecule has 13 nitrogen and oxygen atoms in total. The van der Waals surface area contributed by atoms with E-state index in [2.05, 4.69) is 10.6 Å². The summed E-state index contributed by atoms with van der Waals surface area (Å²) >= 11 is 0. The molecule has 5 N–H and O–H groups in total. The van der Waals surface area contributed by atoms with Gasteiger partial charge in [0.15, 0.2) is 5.75 Å². The number of phenols is 1. The van der Waals surface area contributed by atoms with E-state index in [1.165, 1.54) is 34.3 Å². The first kappa shape index (κ1) is 35.2. The second-order valence-corrected chi connectivity index (χ2v) is 14.8. The number of aliphatic carboxylic acids is 2. The highest BCUT2D eigenvalue weighted by atomic mass is 16.5. The van der Waals surface area contributed by atoms with Crippen molar-refractivity contribution >= 4 is 78.3 Å². The van der Waals surface area contributed by atoms with E-state index >= 15 is 0 Å². The number of nitrogens with one attached hydrogen (secondary N) is 2. The lowest BCUT2D eigenvalue weighted by molar-refractivity contribution is -0.142. The highest BCUT2D eigenvalue weighted by molar-refractivity contribution is 6.40. The maximum absolute atomic E-state index is 15.0. The third-order valence-electron chi connectivity index (χ3n) is 12.0. The minimum atomic E-state index is -1.00. The van der Waals surface area contributed by atoms with Crippen LogP contribution in [0.1, 0.15) is 69.4 Å². The van der Waals surface area contributed by atoms with Crippen molar-refractivity contribution in [1.82, 2.24) is 0 Å². The fraction of sp³-hybridized carbons (Fsp3) is 0.390. The van der Waals surface area contributed by atoms with Crippen LogP contribution in [-0.4, -0.2) is 66.5 Å². The molecule has 0 bridgehead atoms. The normalized spacial score (nSPS) is 22.2. The van der Waals surface area contributed by atoms with Gasteiger partial charge in [-0.25, -0.2) is 0 Å². The van der Waals surface area contributed by atoms with E-state index < -0.39 is 52.6 Å². The predicted molar refractivity (Wildman–Crippen MR) is 205 cm³/mol. The Morgan fingerprint density at radius 2 is 1.28 bits per heavy atom. The number of benzene rings is 5. The zero-order chi connectivity index (χ0) is 38.5. The molecular weight excluding hydrogens is 696 g/mol. The van der Waals surface area contributed by atoms with E-state index in [1.807, 2.05) is 0 Å². The van der Waals surface area contributed by atoms with Crippen LogP contribution < -0.4 is 35.7 Å². The van der Waals surface area contributed by atoms with Crippen molar-refractivity contribution in [2.45, 2.75) is 70.4 Å². The summed E-state index contributed by atoms with van der Waals surface area (Å²) in [7, 11) is 4.23. The van der Waals surface area contributed by atoms with Gasteiger partial charge in [-0.2, -0.15) is 0 Å². The van der Waals surface area contributed by atoms with Crippen LogP contribution in [0.15, 0.2) is 27.3 Å². The molecule has 13 heteroatoms. The van der Waals surface area contributed by atoms with Crippen LogP contribution in [0.3, 0.4) is 0 Å². The summed E-state index contributed by atoms with van der Waals surface area (Å²) in [6.45, 7) is 3.15. The molecule has 5 atom stereocenters. The van der Waals surface area contributed by atoms with E-state index in [1.54, 1.807) is 19.1 Å². The SMILES string of the molecule is COc1c2c3c4c(c(NC5CCCC5C(=O)O)c(=O)c5c(O)cc(OC)c(c6c(OC)cc(NC7CCCC7C(=O)O)c(c1=O)c63)c54)C=C(C)C2C(C)=O. The van der Waals surface area contributed by atoms with Gasteiger partial charge >= 0.3 is 11.9 Å². The number of ketones is 1. The van der Waals surface area contributed by atoms with Gasteiger partial charge in [0.2, 0.25) is 10.9 Å². The van der Waals surface area contributed by atoms with Crippen molar-refractivity contribution < 1.29 is 43.9 Å². The third kappa shape index (κ3) is 4.79. The number of rotatable bonds is 10. The number of hydrogen-bond donors (Lipinski definition) is 5. The van der Waals surface area contributed by atoms with Crippen LogP contribution >= 0.6 is 0 Å². The molecule has 0 amide bonds. The molecule has 0 radical (unpaired) electrons. The lowest BCUT2D eigenvalue weighted by atomic mass is 9.80. The maximum Gasteiger partial charge on any atom is 0.308 e. The molecule has 0 heterocycles. The topological polar surface area (TPSA) is 198 Å². The number of allylic oxidation sites excluding steroid dienone is 1. The number of fused-ring (bicyclic) bond motifs is 1. The summed E-state index contributed by atoms with van der Waals surface area (Å²) < 4.78 is 17.9. The Hall–Kier alpha value is -5.85. The van der Waals surface area contributed by atoms with E-state index in [9.17, 15) is 39.3 Å². The van der Waals surface area contributed by atoms with E-state index in [0.717, 1.165) is 0 Å². The van der Waals surface area contributed by atoms with Gasteiger partial charge in [-0.15, -0.1) is 0 Å². The lowest BCUT2D eigenvalue weighted by Gasteiger charge is -2.27. The predicted octanol–water partition coefficient (Wildman–Crippen LogP) is 6.05. The number of Topliss-reactive ketones (excluding diaryl/α,β-unsaturated/α-hetero) is 1. The number of ether oxygens (including phenoxy) is 3. The molecule has 5 unspecified atom stereocenters. The Balaban J connectivity index is 1.65. The summed E-state index contributed by atoms with van der Waals surface area (Å²) in [6, 6.07) is 1.86. The lowest BCUT2D eigenvalue weighted by Crippen LogP contribution is -2.32. The smallest absolute Gasteiger partial charge is 0.308 e. The van der Waals surface area contributed by atoms with E-state index in [0.29, 0.717) is 87.7 Å². The fourth-order valence-corrected chi connectivity index (χ4v) is 9.78. The van der Waals surface area contributed by atoms with Crippen molar-refractivity contribution in [1.29, 1.82) is 0 Å². The highest BCUT2D eigenvalue weighted by Gasteiger charge is 2.40. The van der Waals surface area contributed by atoms with Crippen molar-refractivity contribution in [3.63, 3.8) is 0 Å². The Morgan fingerprint density at radius 1 is 0.704 bits per heavy atom. The Morgan fingerprint density at radius 3 is 1.83 bits per heavy atom. The minimum Gasteiger partial charge on any atom is -0.507 e. The van der Waals surface area contributed by atoms with Gasteiger partial charge in [-0.1, -0.05) is 24.5 Å². The van der Waals surface area contributed by atoms with Crippen molar-refractivity contribution in [2.24, 2.45) is 11.8 Å². The molecule has 0 spiro atoms. The van der Waals surface area contributed by atoms with Gasteiger partial charge in [0.25, 0.3) is 0 Å². The molecule has 54 heavy (non-hydrogen) atoms. The summed E-state index contributed by atoms with van der Waals surface area (Å²) in [4.78, 5) is 68.2. The molecule has 2 fully saturated rings. The van der Waals surface area contributed by atoms with Crippen LogP contribution in [0.2, 0.25) is 0 Å². The van der Waals surface area contributed by atoms with Crippen molar-refractivity contribution in [3.05, 3.63) is 49.3 Å². The zero-order valence-electron chi connectivity index (χ0n) is 30.5. The molecule has 0 saturated heterocycles. The average molecular weight is 737 g/mol. The van der Waals surface area contributed by atoms with Gasteiger partial charge < -0.3 is 40.2 Å². The standard InChI is InChI=1S/C41H40N2O11/c1-15-12-19-27-32-29(37(46)36(19)43-21-11-7-9-18(21)41(50)51)23(45)14-25(53-4)31(32)30-24(52-3)13-22(42-20-10-6-8-17(20)40(48)49)28-34(30)33(27)35(26(15)16(2)44)39(54-5)38(28)47/h12-14,17-18,20-21,26,42-43,45H,6-11H2,1-5H3,(H,48,49)(H,50,51). The molecule has 2 saturated carbocycles. The van der Waals surface area contributed by atoms with Crippen molar-refractivity contribution in [2.75, 3.05) is 32.0 Å². The first-order valence-corrected chi connectivity index (χ1v) is 18.1. The largest absolute Gasteiger partial charge is 0.507 e. The highest BCUT2D eigenvalue weighted by Crippen LogP contribution is 2.56. The number of carbonyl (C=O) groups excluding carboxylic acids is 1. The van der Waals surface area contributed by atoms with Gasteiger partial charge in [0.05, 0.1) is 61.2 Å². The Bertz CT molecular complexity index is 2620. The molecule has 8 rings (SSSR count). The van der Waals surface area contributed by atoms with Gasteiger partial charge in [-0.05, 0) is 44.9 Å². The zero-order valence-corrected chi connectivity index (χ0v) is 30.5. The number of aromatic hydroxyl groups is 1. The second-order valence-electron chi connectivity index (χ2n) is 14.8. The van der Waals surface area contributed by atoms with Crippen molar-refractivity contribution in [3.8, 4) is 23.0 Å². The number of hydrogen-bond acceptors (Lipinski definition) is 11. The monoisotopic (exact) mass is 736 g/mol. The molecule has 3 aliphatic rings. The quantitative estimate of drug-likeness (QED) is 0.0822. The number of phenolic OH excluding ortho intramolecular Hbond substituents is 1. The maximum atomic E-state index is 15.0. The van der Waals surface area contributed by atoms with Gasteiger partial charge in [-0.3, -0.25) is 24.0 Å². The summed E-state index contributed by atoms with van der Waals surface area (Å²) in [6.07, 6.45) is 4.95. The van der Waals surface area contributed by atoms with E-state index in [4.69, 9.17) is 14.2 Å². The minimum absolute atomic E-state index is 0.0568. The summed E-state index contributed by atoms with van der Waals surface area (Å²) in [5.41, 5.74) is 0.437. The molecule has 0 aliphatic heterocycles. The third-order valence-corrected chi connectivity index (χ3v) is 12.0.